The Morgan fingerprint density at radius 3 is 2.83 bits per heavy atom. The molecule has 0 saturated carbocycles. The van der Waals surface area contributed by atoms with Crippen molar-refractivity contribution in [1.82, 2.24) is 10.6 Å². The number of ether oxygens (including phenoxy) is 1. The Balaban J connectivity index is 1.82. The maximum absolute atomic E-state index is 13.0. The molecule has 1 fully saturated rings. The molecule has 1 amide bonds. The van der Waals surface area contributed by atoms with Crippen molar-refractivity contribution in [3.63, 3.8) is 0 Å². The Labute approximate surface area is 106 Å². The number of benzene rings is 1. The topological polar surface area (TPSA) is 50.4 Å². The highest BCUT2D eigenvalue weighted by Crippen LogP contribution is 2.15. The first kappa shape index (κ1) is 12.8. The molecular weight excluding hydrogens is 235 g/mol. The first-order chi connectivity index (χ1) is 8.74. The summed E-state index contributed by atoms with van der Waals surface area (Å²) in [4.78, 5) is 11.6. The van der Waals surface area contributed by atoms with E-state index in [1.54, 1.807) is 0 Å². The Morgan fingerprint density at radius 2 is 2.22 bits per heavy atom. The highest BCUT2D eigenvalue weighted by molar-refractivity contribution is 5.68. The minimum absolute atomic E-state index is 0.197. The molecule has 0 unspecified atom stereocenters. The molecule has 5 heteroatoms. The van der Waals surface area contributed by atoms with E-state index in [4.69, 9.17) is 4.74 Å². The van der Waals surface area contributed by atoms with Gasteiger partial charge in [0.25, 0.3) is 0 Å². The van der Waals surface area contributed by atoms with Crippen LogP contribution in [0.3, 0.4) is 0 Å². The van der Waals surface area contributed by atoms with Crippen molar-refractivity contribution in [2.75, 3.05) is 19.8 Å². The summed E-state index contributed by atoms with van der Waals surface area (Å²) in [6, 6.07) is 9.39. The van der Waals surface area contributed by atoms with Crippen LogP contribution in [0.4, 0.5) is 9.18 Å². The number of alkyl halides is 1. The summed E-state index contributed by atoms with van der Waals surface area (Å²) in [7, 11) is 0. The van der Waals surface area contributed by atoms with Gasteiger partial charge in [-0.05, 0) is 18.5 Å². The van der Waals surface area contributed by atoms with Crippen LogP contribution in [0.5, 0.6) is 0 Å². The van der Waals surface area contributed by atoms with Crippen LogP contribution in [0.15, 0.2) is 30.3 Å². The summed E-state index contributed by atoms with van der Waals surface area (Å²) < 4.78 is 18.0. The number of alkyl carbamates (subject to hydrolysis) is 1. The summed E-state index contributed by atoms with van der Waals surface area (Å²) in [5, 5.41) is 5.65. The van der Waals surface area contributed by atoms with Crippen LogP contribution in [0.2, 0.25) is 0 Å². The maximum atomic E-state index is 13.0. The Hall–Kier alpha value is -1.62. The molecule has 18 heavy (non-hydrogen) atoms. The van der Waals surface area contributed by atoms with Gasteiger partial charge in [-0.3, -0.25) is 0 Å². The van der Waals surface area contributed by atoms with Gasteiger partial charge in [-0.25, -0.2) is 9.18 Å². The summed E-state index contributed by atoms with van der Waals surface area (Å²) in [5.74, 6) is 0. The molecule has 0 radical (unpaired) electrons. The minimum Gasteiger partial charge on any atom is -0.445 e. The van der Waals surface area contributed by atoms with Crippen LogP contribution in [-0.2, 0) is 11.3 Å². The van der Waals surface area contributed by atoms with E-state index in [1.807, 2.05) is 30.3 Å². The van der Waals surface area contributed by atoms with Crippen LogP contribution in [0.1, 0.15) is 12.0 Å². The summed E-state index contributed by atoms with van der Waals surface area (Å²) in [5.41, 5.74) is 0.111. The third kappa shape index (κ3) is 3.20. The normalized spacial score (nSPS) is 22.7. The standard InChI is InChI=1S/C13H17FN2O2/c14-9-13(6-7-15-10-13)16-12(17)18-8-11-4-2-1-3-5-11/h1-5,15H,6-10H2,(H,16,17)/t13-/m1/s1. The van der Waals surface area contributed by atoms with Crippen molar-refractivity contribution in [3.8, 4) is 0 Å². The highest BCUT2D eigenvalue weighted by Gasteiger charge is 2.35. The van der Waals surface area contributed by atoms with Gasteiger partial charge in [0, 0.05) is 6.54 Å². The Morgan fingerprint density at radius 1 is 1.44 bits per heavy atom. The predicted octanol–water partition coefficient (Wildman–Crippen LogP) is 1.61. The van der Waals surface area contributed by atoms with Crippen molar-refractivity contribution in [2.24, 2.45) is 0 Å². The average molecular weight is 252 g/mol. The van der Waals surface area contributed by atoms with Crippen LogP contribution >= 0.6 is 0 Å². The zero-order valence-electron chi connectivity index (χ0n) is 10.1. The average Bonchev–Trinajstić information content (AvgIpc) is 2.87. The summed E-state index contributed by atoms with van der Waals surface area (Å²) >= 11 is 0. The summed E-state index contributed by atoms with van der Waals surface area (Å²) in [6.45, 7) is 0.774. The fourth-order valence-corrected chi connectivity index (χ4v) is 1.97. The minimum atomic E-state index is -0.798. The molecular formula is C13H17FN2O2. The van der Waals surface area contributed by atoms with Gasteiger partial charge < -0.3 is 15.4 Å². The molecule has 0 aromatic heterocycles. The number of hydrogen-bond acceptors (Lipinski definition) is 3. The third-order valence-corrected chi connectivity index (χ3v) is 3.08. The maximum Gasteiger partial charge on any atom is 0.408 e. The van der Waals surface area contributed by atoms with Gasteiger partial charge in [-0.1, -0.05) is 30.3 Å². The lowest BCUT2D eigenvalue weighted by molar-refractivity contribution is 0.123. The number of halogens is 1. The largest absolute Gasteiger partial charge is 0.445 e. The number of amides is 1. The van der Waals surface area contributed by atoms with Gasteiger partial charge in [-0.2, -0.15) is 0 Å². The van der Waals surface area contributed by atoms with Crippen LogP contribution in [-0.4, -0.2) is 31.4 Å². The van der Waals surface area contributed by atoms with Gasteiger partial charge in [0.1, 0.15) is 13.3 Å². The van der Waals surface area contributed by atoms with Crippen LogP contribution in [0, 0.1) is 0 Å². The van der Waals surface area contributed by atoms with Crippen molar-refractivity contribution in [1.29, 1.82) is 0 Å². The third-order valence-electron chi connectivity index (χ3n) is 3.08. The molecule has 2 rings (SSSR count). The lowest BCUT2D eigenvalue weighted by atomic mass is 10.0. The van der Waals surface area contributed by atoms with Crippen molar-refractivity contribution >= 4 is 6.09 Å². The second-order valence-corrected chi connectivity index (χ2v) is 4.53. The monoisotopic (exact) mass is 252 g/mol. The molecule has 1 aromatic carbocycles. The van der Waals surface area contributed by atoms with Gasteiger partial charge in [-0.15, -0.1) is 0 Å². The van der Waals surface area contributed by atoms with Crippen LogP contribution in [0.25, 0.3) is 0 Å². The Bertz CT molecular complexity index is 391. The molecule has 1 aliphatic heterocycles. The SMILES string of the molecule is O=C(N[C@@]1(CF)CCNC1)OCc1ccccc1. The lowest BCUT2D eigenvalue weighted by Crippen LogP contribution is -2.52. The van der Waals surface area contributed by atoms with E-state index in [0.29, 0.717) is 19.5 Å². The molecule has 1 aromatic rings. The second-order valence-electron chi connectivity index (χ2n) is 4.53. The fraction of sp³-hybridized carbons (Fsp3) is 0.462. The molecule has 98 valence electrons. The first-order valence-corrected chi connectivity index (χ1v) is 6.00. The van der Waals surface area contributed by atoms with E-state index in [1.165, 1.54) is 0 Å². The van der Waals surface area contributed by atoms with Gasteiger partial charge in [0.2, 0.25) is 0 Å². The molecule has 1 heterocycles. The van der Waals surface area contributed by atoms with E-state index in [9.17, 15) is 9.18 Å². The number of carbonyl (C=O) groups excluding carboxylic acids is 1. The smallest absolute Gasteiger partial charge is 0.408 e. The van der Waals surface area contributed by atoms with Gasteiger partial charge >= 0.3 is 6.09 Å². The van der Waals surface area contributed by atoms with E-state index >= 15 is 0 Å². The predicted molar refractivity (Wildman–Crippen MR) is 66.0 cm³/mol. The number of carbonyl (C=O) groups is 1. The Kier molecular flexibility index (Phi) is 4.15. The zero-order chi connectivity index (χ0) is 12.8. The van der Waals surface area contributed by atoms with E-state index in [2.05, 4.69) is 10.6 Å². The number of rotatable bonds is 4. The van der Waals surface area contributed by atoms with Crippen molar-refractivity contribution in [2.45, 2.75) is 18.6 Å². The molecule has 2 N–H and O–H groups in total. The fourth-order valence-electron chi connectivity index (χ4n) is 1.97. The van der Waals surface area contributed by atoms with E-state index < -0.39 is 18.3 Å². The number of nitrogens with one attached hydrogen (secondary N) is 2. The molecule has 0 spiro atoms. The highest BCUT2D eigenvalue weighted by atomic mass is 19.1. The molecule has 0 aliphatic carbocycles. The van der Waals surface area contributed by atoms with Crippen molar-refractivity contribution in [3.05, 3.63) is 35.9 Å². The van der Waals surface area contributed by atoms with Crippen molar-refractivity contribution < 1.29 is 13.9 Å². The van der Waals surface area contributed by atoms with Gasteiger partial charge in [0.05, 0.1) is 5.54 Å². The quantitative estimate of drug-likeness (QED) is 0.856. The molecule has 1 saturated heterocycles. The molecule has 4 nitrogen and oxygen atoms in total. The van der Waals surface area contributed by atoms with Crippen LogP contribution < -0.4 is 10.6 Å². The number of hydrogen-bond donors (Lipinski definition) is 2. The second kappa shape index (κ2) is 5.82. The summed E-state index contributed by atoms with van der Waals surface area (Å²) in [6.07, 6.45) is 0.0180. The van der Waals surface area contributed by atoms with E-state index in [0.717, 1.165) is 5.56 Å². The zero-order valence-corrected chi connectivity index (χ0v) is 10.1. The van der Waals surface area contributed by atoms with E-state index in [-0.39, 0.29) is 6.61 Å². The molecule has 1 aliphatic rings. The lowest BCUT2D eigenvalue weighted by Gasteiger charge is -2.25. The van der Waals surface area contributed by atoms with Gasteiger partial charge in [0.15, 0.2) is 0 Å². The molecule has 0 bridgehead atoms. The first-order valence-electron chi connectivity index (χ1n) is 6.00. The molecule has 1 atom stereocenters.